The molecule has 3 N–H and O–H groups in total. The lowest BCUT2D eigenvalue weighted by atomic mass is 9.53. The Kier molecular flexibility index (Phi) is 3.94. The highest BCUT2D eigenvalue weighted by Gasteiger charge is 2.51. The highest BCUT2D eigenvalue weighted by Crippen LogP contribution is 2.55. The summed E-state index contributed by atoms with van der Waals surface area (Å²) in [4.78, 5) is 17.1. The third kappa shape index (κ3) is 2.99. The van der Waals surface area contributed by atoms with E-state index in [1.165, 1.54) is 25.5 Å². The van der Waals surface area contributed by atoms with Gasteiger partial charge in [-0.1, -0.05) is 13.8 Å². The second kappa shape index (κ2) is 5.87. The van der Waals surface area contributed by atoms with Crippen LogP contribution in [-0.2, 0) is 0 Å². The fourth-order valence-corrected chi connectivity index (χ4v) is 5.74. The highest BCUT2D eigenvalue weighted by atomic mass is 16.3. The van der Waals surface area contributed by atoms with Gasteiger partial charge in [0.2, 0.25) is 5.89 Å². The molecule has 5 nitrogen and oxygen atoms in total. The quantitative estimate of drug-likeness (QED) is 0.866. The molecule has 5 rings (SSSR count). The van der Waals surface area contributed by atoms with Crippen molar-refractivity contribution in [3.8, 4) is 0 Å². The van der Waals surface area contributed by atoms with Gasteiger partial charge in [0.15, 0.2) is 5.69 Å². The molecule has 4 aliphatic carbocycles. The van der Waals surface area contributed by atoms with Crippen LogP contribution in [0.2, 0.25) is 0 Å². The number of carbonyl (C=O) groups excluding carboxylic acids is 1. The van der Waals surface area contributed by atoms with E-state index in [2.05, 4.69) is 24.1 Å². The number of amides is 1. The average molecular weight is 331 g/mol. The molecule has 0 saturated heterocycles. The van der Waals surface area contributed by atoms with Crippen molar-refractivity contribution < 1.29 is 9.21 Å². The normalized spacial score (nSPS) is 35.4. The van der Waals surface area contributed by atoms with Gasteiger partial charge in [-0.2, -0.15) is 0 Å². The Bertz CT molecular complexity index is 587. The van der Waals surface area contributed by atoms with Crippen molar-refractivity contribution in [3.63, 3.8) is 0 Å². The molecule has 0 spiro atoms. The zero-order chi connectivity index (χ0) is 16.9. The number of aromatic nitrogens is 1. The summed E-state index contributed by atoms with van der Waals surface area (Å²) in [7, 11) is 0. The predicted molar refractivity (Wildman–Crippen MR) is 91.3 cm³/mol. The van der Waals surface area contributed by atoms with Crippen LogP contribution in [0.3, 0.4) is 0 Å². The molecule has 1 atom stereocenters. The van der Waals surface area contributed by atoms with Crippen molar-refractivity contribution in [2.75, 3.05) is 0 Å². The molecule has 4 saturated carbocycles. The van der Waals surface area contributed by atoms with E-state index in [0.29, 0.717) is 17.5 Å². The van der Waals surface area contributed by atoms with Gasteiger partial charge in [0.1, 0.15) is 6.26 Å². The molecule has 1 heterocycles. The number of nitrogens with two attached hydrogens (primary N) is 1. The topological polar surface area (TPSA) is 81.1 Å². The third-order valence-corrected chi connectivity index (χ3v) is 6.21. The number of hydrogen-bond acceptors (Lipinski definition) is 4. The van der Waals surface area contributed by atoms with Crippen molar-refractivity contribution in [2.45, 2.75) is 70.4 Å². The van der Waals surface area contributed by atoms with Gasteiger partial charge in [0, 0.05) is 5.54 Å². The fourth-order valence-electron chi connectivity index (χ4n) is 5.74. The Morgan fingerprint density at radius 3 is 2.42 bits per heavy atom. The van der Waals surface area contributed by atoms with E-state index in [-0.39, 0.29) is 17.5 Å². The van der Waals surface area contributed by atoms with Gasteiger partial charge in [-0.05, 0) is 68.6 Å². The highest BCUT2D eigenvalue weighted by molar-refractivity contribution is 5.92. The molecule has 4 aliphatic rings. The molecule has 1 amide bonds. The lowest BCUT2D eigenvalue weighted by molar-refractivity contribution is -0.0167. The number of nitrogens with one attached hydrogen (secondary N) is 1. The summed E-state index contributed by atoms with van der Waals surface area (Å²) in [5, 5.41) is 3.33. The molecule has 1 unspecified atom stereocenters. The molecule has 1 aromatic heterocycles. The maximum absolute atomic E-state index is 12.7. The minimum absolute atomic E-state index is 0.00496. The van der Waals surface area contributed by atoms with Crippen molar-refractivity contribution in [3.05, 3.63) is 17.8 Å². The van der Waals surface area contributed by atoms with Gasteiger partial charge >= 0.3 is 0 Å². The Morgan fingerprint density at radius 2 is 1.88 bits per heavy atom. The molecule has 132 valence electrons. The van der Waals surface area contributed by atoms with Crippen molar-refractivity contribution >= 4 is 5.91 Å². The van der Waals surface area contributed by atoms with E-state index >= 15 is 0 Å². The van der Waals surface area contributed by atoms with E-state index in [1.54, 1.807) is 0 Å². The zero-order valence-corrected chi connectivity index (χ0v) is 14.8. The minimum atomic E-state index is -0.244. The molecule has 4 fully saturated rings. The second-order valence-electron chi connectivity index (χ2n) is 8.96. The fraction of sp³-hybridized carbons (Fsp3) is 0.789. The molecular weight excluding hydrogens is 302 g/mol. The van der Waals surface area contributed by atoms with Crippen LogP contribution < -0.4 is 11.1 Å². The summed E-state index contributed by atoms with van der Waals surface area (Å²) in [5.41, 5.74) is 6.49. The van der Waals surface area contributed by atoms with E-state index in [0.717, 1.165) is 43.4 Å². The second-order valence-corrected chi connectivity index (χ2v) is 8.96. The third-order valence-electron chi connectivity index (χ3n) is 6.21. The Hall–Kier alpha value is -1.36. The van der Waals surface area contributed by atoms with Crippen molar-refractivity contribution in [1.29, 1.82) is 0 Å². The van der Waals surface area contributed by atoms with Gasteiger partial charge in [0.05, 0.1) is 6.04 Å². The molecule has 0 aliphatic heterocycles. The molecule has 4 bridgehead atoms. The maximum Gasteiger partial charge on any atom is 0.273 e. The summed E-state index contributed by atoms with van der Waals surface area (Å²) >= 11 is 0. The first-order valence-corrected chi connectivity index (χ1v) is 9.46. The largest absolute Gasteiger partial charge is 0.446 e. The molecule has 5 heteroatoms. The lowest BCUT2D eigenvalue weighted by Gasteiger charge is -2.56. The maximum atomic E-state index is 12.7. The van der Waals surface area contributed by atoms with Crippen LogP contribution in [0, 0.1) is 23.7 Å². The number of hydrogen-bond donors (Lipinski definition) is 2. The standard InChI is InChI=1S/C19H29N3O2/c1-11(2)3-15(20)18-21-16(10-24-18)17(23)22-19-7-12-4-13(8-19)6-14(5-12)9-19/h10-15H,3-9,20H2,1-2H3,(H,22,23). The molecule has 24 heavy (non-hydrogen) atoms. The van der Waals surface area contributed by atoms with Gasteiger partial charge in [-0.3, -0.25) is 4.79 Å². The molecule has 1 aromatic rings. The zero-order valence-electron chi connectivity index (χ0n) is 14.8. The van der Waals surface area contributed by atoms with Gasteiger partial charge in [0.25, 0.3) is 5.91 Å². The van der Waals surface area contributed by atoms with Gasteiger partial charge < -0.3 is 15.5 Å². The smallest absolute Gasteiger partial charge is 0.273 e. The predicted octanol–water partition coefficient (Wildman–Crippen LogP) is 3.42. The molecular formula is C19H29N3O2. The first-order chi connectivity index (χ1) is 11.4. The molecule has 0 radical (unpaired) electrons. The minimum Gasteiger partial charge on any atom is -0.446 e. The number of rotatable bonds is 5. The molecule has 0 aromatic carbocycles. The number of oxazole rings is 1. The average Bonchev–Trinajstić information content (AvgIpc) is 2.94. The van der Waals surface area contributed by atoms with E-state index in [4.69, 9.17) is 10.2 Å². The monoisotopic (exact) mass is 331 g/mol. The van der Waals surface area contributed by atoms with Crippen LogP contribution in [0.4, 0.5) is 0 Å². The number of nitrogens with zero attached hydrogens (tertiary/aromatic N) is 1. The van der Waals surface area contributed by atoms with E-state index in [9.17, 15) is 4.79 Å². The van der Waals surface area contributed by atoms with Crippen LogP contribution in [0.25, 0.3) is 0 Å². The Labute approximate surface area is 143 Å². The number of carbonyl (C=O) groups is 1. The summed E-state index contributed by atoms with van der Waals surface area (Å²) in [6.07, 6.45) is 9.79. The first-order valence-electron chi connectivity index (χ1n) is 9.46. The summed E-state index contributed by atoms with van der Waals surface area (Å²) in [6, 6.07) is -0.244. The lowest BCUT2D eigenvalue weighted by Crippen LogP contribution is -2.59. The Balaban J connectivity index is 1.44. The first kappa shape index (κ1) is 16.1. The van der Waals surface area contributed by atoms with Gasteiger partial charge in [-0.25, -0.2) is 4.98 Å². The Morgan fingerprint density at radius 1 is 1.29 bits per heavy atom. The van der Waals surface area contributed by atoms with Crippen LogP contribution in [0.15, 0.2) is 10.7 Å². The van der Waals surface area contributed by atoms with E-state index < -0.39 is 0 Å². The summed E-state index contributed by atoms with van der Waals surface area (Å²) in [5.74, 6) is 3.27. The summed E-state index contributed by atoms with van der Waals surface area (Å²) in [6.45, 7) is 4.23. The van der Waals surface area contributed by atoms with E-state index in [1.807, 2.05) is 0 Å². The van der Waals surface area contributed by atoms with Crippen LogP contribution >= 0.6 is 0 Å². The van der Waals surface area contributed by atoms with Crippen LogP contribution in [0.1, 0.15) is 81.2 Å². The summed E-state index contributed by atoms with van der Waals surface area (Å²) < 4.78 is 5.47. The van der Waals surface area contributed by atoms with Crippen LogP contribution in [0.5, 0.6) is 0 Å². The van der Waals surface area contributed by atoms with Crippen LogP contribution in [-0.4, -0.2) is 16.4 Å². The SMILES string of the molecule is CC(C)CC(N)c1nc(C(=O)NC23CC4CC(CC(C4)C2)C3)co1. The van der Waals surface area contributed by atoms with Crippen molar-refractivity contribution in [2.24, 2.45) is 29.4 Å². The van der Waals surface area contributed by atoms with Crippen molar-refractivity contribution in [1.82, 2.24) is 10.3 Å². The van der Waals surface area contributed by atoms with Gasteiger partial charge in [-0.15, -0.1) is 0 Å².